The van der Waals surface area contributed by atoms with E-state index in [1.165, 1.54) is 57.8 Å². The van der Waals surface area contributed by atoms with Crippen LogP contribution < -0.4 is 5.32 Å². The highest BCUT2D eigenvalue weighted by atomic mass is 16.4. The molecule has 0 bridgehead atoms. The summed E-state index contributed by atoms with van der Waals surface area (Å²) in [5, 5.41) is 12.3. The van der Waals surface area contributed by atoms with Crippen LogP contribution in [0.2, 0.25) is 0 Å². The van der Waals surface area contributed by atoms with Crippen molar-refractivity contribution in [2.24, 2.45) is 46.3 Å². The lowest BCUT2D eigenvalue weighted by Gasteiger charge is -2.58. The molecule has 0 aromatic carbocycles. The summed E-state index contributed by atoms with van der Waals surface area (Å²) in [6, 6.07) is 0.346. The zero-order chi connectivity index (χ0) is 23.1. The number of hydrogen-bond donors (Lipinski definition) is 2. The second-order valence-corrected chi connectivity index (χ2v) is 13.0. The molecule has 0 unspecified atom stereocenters. The minimum absolute atomic E-state index is 0.0951. The monoisotopic (exact) mass is 443 g/mol. The molecule has 0 spiro atoms. The first kappa shape index (κ1) is 24.3. The van der Waals surface area contributed by atoms with E-state index >= 15 is 0 Å². The van der Waals surface area contributed by atoms with E-state index in [9.17, 15) is 4.79 Å². The fraction of sp³-hybridized carbons (Fsp3) is 0.897. The molecule has 0 aromatic rings. The molecular weight excluding hydrogens is 394 g/mol. The Bertz CT molecular complexity index is 714. The number of nitrogens with one attached hydrogen (secondary N) is 1. The van der Waals surface area contributed by atoms with Gasteiger partial charge in [0.25, 0.3) is 0 Å². The quantitative estimate of drug-likeness (QED) is 0.394. The number of carbonyl (C=O) groups is 1. The van der Waals surface area contributed by atoms with Crippen molar-refractivity contribution < 1.29 is 9.90 Å². The van der Waals surface area contributed by atoms with Crippen molar-refractivity contribution in [2.45, 2.75) is 111 Å². The lowest BCUT2D eigenvalue weighted by Crippen LogP contribution is -2.52. The fourth-order valence-electron chi connectivity index (χ4n) is 9.09. The Morgan fingerprint density at radius 2 is 1.88 bits per heavy atom. The summed E-state index contributed by atoms with van der Waals surface area (Å²) in [4.78, 5) is 11.0. The molecule has 0 aliphatic heterocycles. The predicted octanol–water partition coefficient (Wildman–Crippen LogP) is 7.07. The molecular formula is C29H49NO2. The summed E-state index contributed by atoms with van der Waals surface area (Å²) < 4.78 is 0. The highest BCUT2D eigenvalue weighted by Crippen LogP contribution is 2.67. The SMILES string of the molecule is CC(C)CCC[C@@H](C)[C@H]1CC[C@H]2[C@@H]3CC=C4C[C@@H](NCC(=O)O)CC[C@]4(C)[C@H]3CC[C@]12C. The molecule has 4 aliphatic carbocycles. The summed E-state index contributed by atoms with van der Waals surface area (Å²) >= 11 is 0. The number of aliphatic carboxylic acids is 1. The average molecular weight is 444 g/mol. The molecule has 0 heterocycles. The van der Waals surface area contributed by atoms with Crippen LogP contribution in [0.3, 0.4) is 0 Å². The van der Waals surface area contributed by atoms with E-state index in [1.807, 2.05) is 0 Å². The first-order valence-electron chi connectivity index (χ1n) is 13.8. The molecule has 4 aliphatic rings. The number of allylic oxidation sites excluding steroid dienone is 1. The van der Waals surface area contributed by atoms with Crippen molar-refractivity contribution in [1.29, 1.82) is 0 Å². The van der Waals surface area contributed by atoms with Crippen LogP contribution in [0, 0.1) is 46.3 Å². The Balaban J connectivity index is 1.44. The van der Waals surface area contributed by atoms with Gasteiger partial charge in [0.1, 0.15) is 0 Å². The van der Waals surface area contributed by atoms with Crippen molar-refractivity contribution in [2.75, 3.05) is 6.54 Å². The van der Waals surface area contributed by atoms with Crippen molar-refractivity contribution in [1.82, 2.24) is 5.32 Å². The predicted molar refractivity (Wildman–Crippen MR) is 132 cm³/mol. The largest absolute Gasteiger partial charge is 0.480 e. The van der Waals surface area contributed by atoms with Gasteiger partial charge in [0.05, 0.1) is 6.54 Å². The highest BCUT2D eigenvalue weighted by Gasteiger charge is 2.59. The molecule has 3 fully saturated rings. The molecule has 0 saturated heterocycles. The van der Waals surface area contributed by atoms with E-state index in [4.69, 9.17) is 5.11 Å². The van der Waals surface area contributed by atoms with Gasteiger partial charge >= 0.3 is 5.97 Å². The van der Waals surface area contributed by atoms with E-state index in [0.29, 0.717) is 16.9 Å². The van der Waals surface area contributed by atoms with E-state index in [2.05, 4.69) is 46.0 Å². The number of carboxylic acid groups (broad SMARTS) is 1. The molecule has 3 saturated carbocycles. The Hall–Kier alpha value is -0.830. The van der Waals surface area contributed by atoms with Crippen LogP contribution in [-0.2, 0) is 4.79 Å². The van der Waals surface area contributed by atoms with Gasteiger partial charge in [0.15, 0.2) is 0 Å². The summed E-state index contributed by atoms with van der Waals surface area (Å²) in [7, 11) is 0. The van der Waals surface area contributed by atoms with Gasteiger partial charge in [-0.1, -0.05) is 65.5 Å². The Labute approximate surface area is 197 Å². The van der Waals surface area contributed by atoms with E-state index in [1.54, 1.807) is 5.57 Å². The van der Waals surface area contributed by atoms with Crippen LogP contribution >= 0.6 is 0 Å². The van der Waals surface area contributed by atoms with E-state index in [-0.39, 0.29) is 6.54 Å². The van der Waals surface area contributed by atoms with Crippen LogP contribution in [0.5, 0.6) is 0 Å². The molecule has 0 amide bonds. The fourth-order valence-corrected chi connectivity index (χ4v) is 9.09. The van der Waals surface area contributed by atoms with Gasteiger partial charge in [0, 0.05) is 6.04 Å². The molecule has 0 radical (unpaired) electrons. The van der Waals surface area contributed by atoms with Gasteiger partial charge in [-0.15, -0.1) is 0 Å². The van der Waals surface area contributed by atoms with Gasteiger partial charge in [-0.2, -0.15) is 0 Å². The normalized spacial score (nSPS) is 42.1. The maximum atomic E-state index is 11.0. The van der Waals surface area contributed by atoms with Crippen molar-refractivity contribution in [3.8, 4) is 0 Å². The molecule has 8 atom stereocenters. The van der Waals surface area contributed by atoms with Gasteiger partial charge in [-0.25, -0.2) is 0 Å². The Morgan fingerprint density at radius 1 is 1.09 bits per heavy atom. The third kappa shape index (κ3) is 4.44. The zero-order valence-corrected chi connectivity index (χ0v) is 21.5. The van der Waals surface area contributed by atoms with E-state index in [0.717, 1.165) is 48.3 Å². The smallest absolute Gasteiger partial charge is 0.317 e. The number of carboxylic acids is 1. The first-order chi connectivity index (χ1) is 15.1. The minimum Gasteiger partial charge on any atom is -0.480 e. The maximum Gasteiger partial charge on any atom is 0.317 e. The van der Waals surface area contributed by atoms with Gasteiger partial charge in [-0.3, -0.25) is 4.79 Å². The van der Waals surface area contributed by atoms with Crippen molar-refractivity contribution in [3.63, 3.8) is 0 Å². The molecule has 0 aromatic heterocycles. The lowest BCUT2D eigenvalue weighted by atomic mass is 9.47. The van der Waals surface area contributed by atoms with Crippen LogP contribution in [0.4, 0.5) is 0 Å². The summed E-state index contributed by atoms with van der Waals surface area (Å²) in [5.74, 6) is 4.53. The summed E-state index contributed by atoms with van der Waals surface area (Å²) in [6.07, 6.45) is 17.3. The third-order valence-electron chi connectivity index (χ3n) is 10.8. The molecule has 3 nitrogen and oxygen atoms in total. The van der Waals surface area contributed by atoms with Gasteiger partial charge < -0.3 is 10.4 Å². The first-order valence-corrected chi connectivity index (χ1v) is 13.8. The van der Waals surface area contributed by atoms with Crippen LogP contribution in [0.1, 0.15) is 105 Å². The van der Waals surface area contributed by atoms with Crippen LogP contribution in [-0.4, -0.2) is 23.7 Å². The van der Waals surface area contributed by atoms with Crippen LogP contribution in [0.25, 0.3) is 0 Å². The Morgan fingerprint density at radius 3 is 2.59 bits per heavy atom. The number of hydrogen-bond acceptors (Lipinski definition) is 2. The summed E-state index contributed by atoms with van der Waals surface area (Å²) in [5.41, 5.74) is 2.56. The maximum absolute atomic E-state index is 11.0. The summed E-state index contributed by atoms with van der Waals surface area (Å²) in [6.45, 7) is 12.6. The van der Waals surface area contributed by atoms with Crippen molar-refractivity contribution in [3.05, 3.63) is 11.6 Å². The third-order valence-corrected chi connectivity index (χ3v) is 10.8. The standard InChI is InChI=1S/C29H49NO2/c1-19(2)7-6-8-20(3)24-11-12-25-23-10-9-21-17-22(30-18-27(31)32)13-15-28(21,4)26(23)14-16-29(24,25)5/h9,19-20,22-26,30H,6-8,10-18H2,1-5H3,(H,31,32)/t20-,22+,23+,24-,25+,26+,28+,29-/m1/s1. The van der Waals surface area contributed by atoms with Crippen molar-refractivity contribution >= 4 is 5.97 Å². The molecule has 2 N–H and O–H groups in total. The number of rotatable bonds is 8. The zero-order valence-electron chi connectivity index (χ0n) is 21.5. The van der Waals surface area contributed by atoms with Crippen LogP contribution in [0.15, 0.2) is 11.6 Å². The van der Waals surface area contributed by atoms with Gasteiger partial charge in [0.2, 0.25) is 0 Å². The Kier molecular flexibility index (Phi) is 7.16. The van der Waals surface area contributed by atoms with Gasteiger partial charge in [-0.05, 0) is 97.7 Å². The minimum atomic E-state index is -0.739. The molecule has 4 rings (SSSR count). The average Bonchev–Trinajstić information content (AvgIpc) is 3.09. The molecule has 32 heavy (non-hydrogen) atoms. The lowest BCUT2D eigenvalue weighted by molar-refractivity contribution is -0.136. The highest BCUT2D eigenvalue weighted by molar-refractivity contribution is 5.69. The number of fused-ring (bicyclic) bond motifs is 5. The molecule has 182 valence electrons. The van der Waals surface area contributed by atoms with E-state index < -0.39 is 5.97 Å². The topological polar surface area (TPSA) is 49.3 Å². The molecule has 3 heteroatoms. The second kappa shape index (κ2) is 9.43. The second-order valence-electron chi connectivity index (χ2n) is 13.0.